The normalized spacial score (nSPS) is 31.7. The fourth-order valence-corrected chi connectivity index (χ4v) is 2.84. The predicted molar refractivity (Wildman–Crippen MR) is 84.0 cm³/mol. The SMILES string of the molecule is CC(=O)OC1OC(COCc2ccccc2)C(C)C(C)C1C. The Morgan fingerprint density at radius 3 is 2.41 bits per heavy atom. The molecule has 2 rings (SSSR count). The first kappa shape index (κ1) is 17.0. The van der Waals surface area contributed by atoms with Gasteiger partial charge in [-0.1, -0.05) is 51.1 Å². The van der Waals surface area contributed by atoms with E-state index in [9.17, 15) is 4.79 Å². The molecule has 0 amide bonds. The molecule has 1 aromatic carbocycles. The van der Waals surface area contributed by atoms with Crippen molar-refractivity contribution in [3.8, 4) is 0 Å². The molecule has 1 aromatic rings. The molecule has 0 aromatic heterocycles. The maximum Gasteiger partial charge on any atom is 0.304 e. The van der Waals surface area contributed by atoms with Gasteiger partial charge in [0.05, 0.1) is 19.3 Å². The van der Waals surface area contributed by atoms with Gasteiger partial charge in [0.25, 0.3) is 0 Å². The van der Waals surface area contributed by atoms with Gasteiger partial charge < -0.3 is 14.2 Å². The highest BCUT2D eigenvalue weighted by molar-refractivity contribution is 5.66. The molecule has 0 bridgehead atoms. The predicted octanol–water partition coefficient (Wildman–Crippen LogP) is 3.40. The van der Waals surface area contributed by atoms with Crippen molar-refractivity contribution in [1.82, 2.24) is 0 Å². The number of hydrogen-bond donors (Lipinski definition) is 0. The zero-order valence-electron chi connectivity index (χ0n) is 13.8. The summed E-state index contributed by atoms with van der Waals surface area (Å²) in [5.41, 5.74) is 1.14. The van der Waals surface area contributed by atoms with Crippen LogP contribution >= 0.6 is 0 Å². The van der Waals surface area contributed by atoms with E-state index in [1.165, 1.54) is 6.92 Å². The third-order valence-electron chi connectivity index (χ3n) is 4.66. The lowest BCUT2D eigenvalue weighted by Crippen LogP contribution is -2.48. The highest BCUT2D eigenvalue weighted by Gasteiger charge is 2.40. The monoisotopic (exact) mass is 306 g/mol. The van der Waals surface area contributed by atoms with E-state index in [0.29, 0.717) is 25.0 Å². The molecule has 22 heavy (non-hydrogen) atoms. The highest BCUT2D eigenvalue weighted by Crippen LogP contribution is 2.35. The second-order valence-electron chi connectivity index (χ2n) is 6.23. The van der Waals surface area contributed by atoms with Crippen molar-refractivity contribution in [3.05, 3.63) is 35.9 Å². The molecule has 1 saturated heterocycles. The van der Waals surface area contributed by atoms with Crippen LogP contribution in [-0.4, -0.2) is 25.0 Å². The van der Waals surface area contributed by atoms with E-state index in [4.69, 9.17) is 14.2 Å². The smallest absolute Gasteiger partial charge is 0.304 e. The summed E-state index contributed by atoms with van der Waals surface area (Å²) in [5, 5.41) is 0. The molecule has 0 N–H and O–H groups in total. The van der Waals surface area contributed by atoms with Gasteiger partial charge in [0.15, 0.2) is 0 Å². The first-order valence-electron chi connectivity index (χ1n) is 7.93. The van der Waals surface area contributed by atoms with Crippen LogP contribution in [0.4, 0.5) is 0 Å². The molecular formula is C18H26O4. The summed E-state index contributed by atoms with van der Waals surface area (Å²) in [6.07, 6.45) is -0.534. The van der Waals surface area contributed by atoms with Crippen molar-refractivity contribution < 1.29 is 19.0 Å². The van der Waals surface area contributed by atoms with Crippen LogP contribution in [0.1, 0.15) is 33.3 Å². The average molecular weight is 306 g/mol. The van der Waals surface area contributed by atoms with Crippen molar-refractivity contribution in [3.63, 3.8) is 0 Å². The van der Waals surface area contributed by atoms with Gasteiger partial charge in [-0.25, -0.2) is 0 Å². The van der Waals surface area contributed by atoms with Crippen LogP contribution in [0, 0.1) is 17.8 Å². The van der Waals surface area contributed by atoms with E-state index in [2.05, 4.69) is 20.8 Å². The first-order valence-corrected chi connectivity index (χ1v) is 7.93. The molecule has 0 aliphatic carbocycles. The first-order chi connectivity index (χ1) is 10.5. The molecular weight excluding hydrogens is 280 g/mol. The van der Waals surface area contributed by atoms with Crippen molar-refractivity contribution >= 4 is 5.97 Å². The maximum atomic E-state index is 11.2. The number of ether oxygens (including phenoxy) is 3. The third-order valence-corrected chi connectivity index (χ3v) is 4.66. The fraction of sp³-hybridized carbons (Fsp3) is 0.611. The molecule has 122 valence electrons. The molecule has 0 radical (unpaired) electrons. The zero-order chi connectivity index (χ0) is 16.1. The van der Waals surface area contributed by atoms with Gasteiger partial charge in [-0.2, -0.15) is 0 Å². The minimum Gasteiger partial charge on any atom is -0.436 e. The summed E-state index contributed by atoms with van der Waals surface area (Å²) in [6.45, 7) is 8.90. The van der Waals surface area contributed by atoms with E-state index in [1.807, 2.05) is 30.3 Å². The summed E-state index contributed by atoms with van der Waals surface area (Å²) < 4.78 is 17.1. The van der Waals surface area contributed by atoms with E-state index in [0.717, 1.165) is 5.56 Å². The summed E-state index contributed by atoms with van der Waals surface area (Å²) >= 11 is 0. The quantitative estimate of drug-likeness (QED) is 0.782. The zero-order valence-corrected chi connectivity index (χ0v) is 13.8. The fourth-order valence-electron chi connectivity index (χ4n) is 2.84. The third kappa shape index (κ3) is 4.31. The lowest BCUT2D eigenvalue weighted by molar-refractivity contribution is -0.249. The number of hydrogen-bond acceptors (Lipinski definition) is 4. The Balaban J connectivity index is 1.89. The minimum atomic E-state index is -0.478. The topological polar surface area (TPSA) is 44.8 Å². The second kappa shape index (κ2) is 7.75. The average Bonchev–Trinajstić information content (AvgIpc) is 2.50. The highest BCUT2D eigenvalue weighted by atomic mass is 16.7. The Bertz CT molecular complexity index is 473. The Kier molecular flexibility index (Phi) is 5.98. The number of rotatable bonds is 5. The lowest BCUT2D eigenvalue weighted by atomic mass is 9.79. The Hall–Kier alpha value is -1.39. The minimum absolute atomic E-state index is 0.0562. The molecule has 5 atom stereocenters. The van der Waals surface area contributed by atoms with Crippen molar-refractivity contribution in [2.75, 3.05) is 6.61 Å². The van der Waals surface area contributed by atoms with Gasteiger partial charge in [0, 0.05) is 12.8 Å². The summed E-state index contributed by atoms with van der Waals surface area (Å²) in [7, 11) is 0. The van der Waals surface area contributed by atoms with Gasteiger partial charge in [0.1, 0.15) is 0 Å². The summed E-state index contributed by atoms with van der Waals surface area (Å²) in [6, 6.07) is 10.1. The molecule has 1 aliphatic rings. The van der Waals surface area contributed by atoms with Crippen LogP contribution < -0.4 is 0 Å². The van der Waals surface area contributed by atoms with E-state index in [1.54, 1.807) is 0 Å². The molecule has 1 fully saturated rings. The van der Waals surface area contributed by atoms with Crippen molar-refractivity contribution in [2.24, 2.45) is 17.8 Å². The lowest BCUT2D eigenvalue weighted by Gasteiger charge is -2.42. The van der Waals surface area contributed by atoms with Gasteiger partial charge in [-0.05, 0) is 17.4 Å². The maximum absolute atomic E-state index is 11.2. The Labute approximate surface area is 132 Å². The van der Waals surface area contributed by atoms with E-state index >= 15 is 0 Å². The largest absolute Gasteiger partial charge is 0.436 e. The standard InChI is InChI=1S/C18H26O4/c1-12-13(2)17(22-18(14(12)3)21-15(4)19)11-20-10-16-8-6-5-7-9-16/h5-9,12-14,17-18H,10-11H2,1-4H3. The van der Waals surface area contributed by atoms with Crippen LogP contribution in [0.2, 0.25) is 0 Å². The second-order valence-corrected chi connectivity index (χ2v) is 6.23. The summed E-state index contributed by atoms with van der Waals surface area (Å²) in [5.74, 6) is 0.646. The van der Waals surface area contributed by atoms with Crippen LogP contribution in [0.3, 0.4) is 0 Å². The Morgan fingerprint density at radius 2 is 1.77 bits per heavy atom. The van der Waals surface area contributed by atoms with Crippen molar-refractivity contribution in [2.45, 2.75) is 46.7 Å². The molecule has 0 spiro atoms. The van der Waals surface area contributed by atoms with Crippen LogP contribution in [-0.2, 0) is 25.6 Å². The number of carbonyl (C=O) groups is 1. The molecule has 5 unspecified atom stereocenters. The molecule has 0 saturated carbocycles. The van der Waals surface area contributed by atoms with Crippen molar-refractivity contribution in [1.29, 1.82) is 0 Å². The van der Waals surface area contributed by atoms with Gasteiger partial charge in [0.2, 0.25) is 6.29 Å². The van der Waals surface area contributed by atoms with Crippen LogP contribution in [0.15, 0.2) is 30.3 Å². The molecule has 4 nitrogen and oxygen atoms in total. The van der Waals surface area contributed by atoms with Gasteiger partial charge in [-0.15, -0.1) is 0 Å². The van der Waals surface area contributed by atoms with Crippen LogP contribution in [0.5, 0.6) is 0 Å². The Morgan fingerprint density at radius 1 is 1.09 bits per heavy atom. The van der Waals surface area contributed by atoms with Crippen LogP contribution in [0.25, 0.3) is 0 Å². The molecule has 4 heteroatoms. The number of carbonyl (C=O) groups excluding carboxylic acids is 1. The van der Waals surface area contributed by atoms with Gasteiger partial charge in [-0.3, -0.25) is 4.79 Å². The van der Waals surface area contributed by atoms with E-state index < -0.39 is 6.29 Å². The number of benzene rings is 1. The van der Waals surface area contributed by atoms with Gasteiger partial charge >= 0.3 is 5.97 Å². The molecule has 1 heterocycles. The molecule has 1 aliphatic heterocycles. The number of esters is 1. The summed E-state index contributed by atoms with van der Waals surface area (Å²) in [4.78, 5) is 11.2. The van der Waals surface area contributed by atoms with E-state index in [-0.39, 0.29) is 18.0 Å².